The van der Waals surface area contributed by atoms with Gasteiger partial charge >= 0.3 is 5.08 Å². The molecule has 0 aliphatic heterocycles. The summed E-state index contributed by atoms with van der Waals surface area (Å²) in [5.74, 6) is 0. The maximum Gasteiger partial charge on any atom is 0.308 e. The van der Waals surface area contributed by atoms with Gasteiger partial charge in [0.05, 0.1) is 0 Å². The Morgan fingerprint density at radius 2 is 2.10 bits per heavy atom. The molecule has 0 unspecified atom stereocenters. The van der Waals surface area contributed by atoms with E-state index in [-0.39, 0.29) is 0 Å². The molecule has 1 rings (SSSR count). The summed E-state index contributed by atoms with van der Waals surface area (Å²) in [6.45, 7) is 0. The van der Waals surface area contributed by atoms with Gasteiger partial charge in [-0.3, -0.25) is 0 Å². The van der Waals surface area contributed by atoms with E-state index in [0.717, 1.165) is 10.2 Å². The van der Waals surface area contributed by atoms with Crippen LogP contribution < -0.4 is 5.43 Å². The lowest BCUT2D eigenvalue weighted by molar-refractivity contribution is 1.39. The van der Waals surface area contributed by atoms with Crippen LogP contribution >= 0.6 is 15.9 Å². The number of nitrogens with one attached hydrogen (secondary N) is 1. The van der Waals surface area contributed by atoms with Crippen LogP contribution in [0.25, 0.3) is 5.08 Å². The fraction of sp³-hybridized carbons (Fsp3) is 0. The van der Waals surface area contributed by atoms with Gasteiger partial charge in [0.2, 0.25) is 0 Å². The molecule has 0 spiro atoms. The second-order valence-corrected chi connectivity index (χ2v) is 2.55. The Kier molecular flexibility index (Phi) is 2.24. The highest BCUT2D eigenvalue weighted by Gasteiger charge is 2.00. The lowest BCUT2D eigenvalue weighted by Gasteiger charge is -1.90. The molecule has 0 radical (unpaired) electrons. The van der Waals surface area contributed by atoms with Crippen LogP contribution in [-0.4, -0.2) is 0 Å². The highest BCUT2D eigenvalue weighted by atomic mass is 79.9. The van der Waals surface area contributed by atoms with Gasteiger partial charge in [-0.15, -0.1) is 0 Å². The van der Waals surface area contributed by atoms with Crippen molar-refractivity contribution in [3.63, 3.8) is 0 Å². The summed E-state index contributed by atoms with van der Waals surface area (Å²) >= 11 is 3.26. The van der Waals surface area contributed by atoms with E-state index in [4.69, 9.17) is 5.39 Å². The topological polar surface area (TPSA) is 40.2 Å². The van der Waals surface area contributed by atoms with Crippen molar-refractivity contribution in [2.45, 2.75) is 0 Å². The van der Waals surface area contributed by atoms with Crippen molar-refractivity contribution in [1.82, 2.24) is 0 Å². The molecule has 0 atom stereocenters. The van der Waals surface area contributed by atoms with Crippen molar-refractivity contribution in [3.05, 3.63) is 33.8 Å². The second-order valence-electron chi connectivity index (χ2n) is 1.69. The first kappa shape index (κ1) is 7.03. The summed E-state index contributed by atoms with van der Waals surface area (Å²) in [6.07, 6.45) is 0. The number of anilines is 1. The predicted molar refractivity (Wildman–Crippen MR) is 42.8 cm³/mol. The van der Waals surface area contributed by atoms with Crippen LogP contribution in [0.4, 0.5) is 5.69 Å². The molecule has 3 nitrogen and oxygen atoms in total. The number of rotatable bonds is 1. The minimum Gasteiger partial charge on any atom is -0.0610 e. The van der Waals surface area contributed by atoms with Crippen LogP contribution in [0, 0.1) is 5.39 Å². The van der Waals surface area contributed by atoms with Crippen LogP contribution in [0.5, 0.6) is 0 Å². The van der Waals surface area contributed by atoms with Crippen LogP contribution in [-0.2, 0) is 0 Å². The summed E-state index contributed by atoms with van der Waals surface area (Å²) < 4.78 is 0.868. The summed E-state index contributed by atoms with van der Waals surface area (Å²) in [5.41, 5.74) is 3.15. The minimum absolute atomic E-state index is 0.741. The maximum atomic E-state index is 8.14. The first-order valence-electron chi connectivity index (χ1n) is 2.69. The molecule has 10 heavy (non-hydrogen) atoms. The molecule has 4 heteroatoms. The molecule has 0 saturated carbocycles. The number of diazo groups is 1. The fourth-order valence-corrected chi connectivity index (χ4v) is 0.979. The number of nitrogens with zero attached hydrogens (tertiary/aromatic N) is 2. The van der Waals surface area contributed by atoms with Gasteiger partial charge in [0.25, 0.3) is 5.39 Å². The van der Waals surface area contributed by atoms with Crippen LogP contribution in [0.1, 0.15) is 0 Å². The Bertz CT molecular complexity index is 266. The van der Waals surface area contributed by atoms with Gasteiger partial charge in [-0.05, 0) is 33.5 Å². The smallest absolute Gasteiger partial charge is 0.0610 e. The Morgan fingerprint density at radius 1 is 1.40 bits per heavy atom. The van der Waals surface area contributed by atoms with Gasteiger partial charge in [-0.2, -0.15) is 0 Å². The average molecular weight is 199 g/mol. The fourth-order valence-electron chi connectivity index (χ4n) is 0.606. The van der Waals surface area contributed by atoms with Crippen molar-refractivity contribution in [2.75, 3.05) is 5.43 Å². The maximum absolute atomic E-state index is 8.14. The molecular weight excluding hydrogens is 194 g/mol. The highest BCUT2D eigenvalue weighted by molar-refractivity contribution is 9.10. The van der Waals surface area contributed by atoms with E-state index in [1.165, 1.54) is 0 Å². The number of hydrogen-bond acceptors (Lipinski definition) is 2. The number of benzene rings is 1. The number of hydrogen-bond donors (Lipinski definition) is 1. The van der Waals surface area contributed by atoms with E-state index in [1.54, 1.807) is 6.07 Å². The molecule has 0 bridgehead atoms. The van der Waals surface area contributed by atoms with Gasteiger partial charge in [0.1, 0.15) is 5.69 Å². The van der Waals surface area contributed by atoms with Gasteiger partial charge in [0.15, 0.2) is 0 Å². The Morgan fingerprint density at radius 3 is 2.70 bits per heavy atom. The second kappa shape index (κ2) is 3.18. The third-order valence-corrected chi connectivity index (χ3v) is 1.74. The molecule has 1 aromatic rings. The van der Waals surface area contributed by atoms with Crippen molar-refractivity contribution in [3.8, 4) is 0 Å². The molecule has 1 N–H and O–H groups in total. The monoisotopic (exact) mass is 198 g/mol. The number of para-hydroxylation sites is 1. The van der Waals surface area contributed by atoms with Gasteiger partial charge in [0, 0.05) is 4.47 Å². The normalized spacial score (nSPS) is 8.40. The van der Waals surface area contributed by atoms with Crippen molar-refractivity contribution in [1.29, 1.82) is 5.39 Å². The third-order valence-electron chi connectivity index (χ3n) is 1.04. The SMILES string of the molecule is N#[N+]Nc1ccccc1Br. The zero-order valence-electron chi connectivity index (χ0n) is 5.08. The Labute approximate surface area is 66.8 Å². The van der Waals surface area contributed by atoms with Crippen molar-refractivity contribution in [2.24, 2.45) is 0 Å². The van der Waals surface area contributed by atoms with Gasteiger partial charge in [-0.25, -0.2) is 0 Å². The highest BCUT2D eigenvalue weighted by Crippen LogP contribution is 2.20. The van der Waals surface area contributed by atoms with Crippen molar-refractivity contribution < 1.29 is 0 Å². The van der Waals surface area contributed by atoms with Crippen LogP contribution in [0.15, 0.2) is 28.7 Å². The molecule has 0 aliphatic rings. The van der Waals surface area contributed by atoms with E-state index in [1.807, 2.05) is 18.2 Å². The Balaban J connectivity index is 2.94. The lowest BCUT2D eigenvalue weighted by Crippen LogP contribution is -1.83. The first-order chi connectivity index (χ1) is 4.84. The molecule has 0 saturated heterocycles. The van der Waals surface area contributed by atoms with E-state index >= 15 is 0 Å². The Hall–Kier alpha value is -1.08. The van der Waals surface area contributed by atoms with Gasteiger partial charge < -0.3 is 0 Å². The largest absolute Gasteiger partial charge is 0.308 e. The standard InChI is InChI=1S/C6H5BrN3/c7-5-3-1-2-4-6(5)9-10-8/h1-4,9H/q+1. The zero-order valence-corrected chi connectivity index (χ0v) is 6.67. The first-order valence-corrected chi connectivity index (χ1v) is 3.48. The average Bonchev–Trinajstić information content (AvgIpc) is 1.94. The van der Waals surface area contributed by atoms with E-state index in [0.29, 0.717) is 0 Å². The quantitative estimate of drug-likeness (QED) is 0.557. The molecule has 0 amide bonds. The molecule has 50 valence electrons. The molecule has 0 aliphatic carbocycles. The van der Waals surface area contributed by atoms with Crippen molar-refractivity contribution >= 4 is 21.6 Å². The lowest BCUT2D eigenvalue weighted by atomic mass is 10.3. The molecule has 0 heterocycles. The molecular formula is C6H5BrN3+. The zero-order chi connectivity index (χ0) is 7.40. The van der Waals surface area contributed by atoms with Crippen LogP contribution in [0.2, 0.25) is 0 Å². The molecule has 1 aromatic carbocycles. The van der Waals surface area contributed by atoms with E-state index < -0.39 is 0 Å². The van der Waals surface area contributed by atoms with Crippen LogP contribution in [0.3, 0.4) is 0 Å². The van der Waals surface area contributed by atoms with E-state index in [9.17, 15) is 0 Å². The summed E-state index contributed by atoms with van der Waals surface area (Å²) in [7, 11) is 0. The molecule has 0 aromatic heterocycles. The third kappa shape index (κ3) is 1.45. The van der Waals surface area contributed by atoms with E-state index in [2.05, 4.69) is 26.4 Å². The minimum atomic E-state index is 0.741. The molecule has 0 fully saturated rings. The summed E-state index contributed by atoms with van der Waals surface area (Å²) in [6, 6.07) is 7.38. The summed E-state index contributed by atoms with van der Waals surface area (Å²) in [5, 5.41) is 10.9. The predicted octanol–water partition coefficient (Wildman–Crippen LogP) is 2.63. The number of halogens is 1. The van der Waals surface area contributed by atoms with Gasteiger partial charge in [-0.1, -0.05) is 12.1 Å². The summed E-state index contributed by atoms with van der Waals surface area (Å²) in [4.78, 5) is 0.